The molecule has 5 nitrogen and oxygen atoms in total. The first kappa shape index (κ1) is 14.3. The van der Waals surface area contributed by atoms with Crippen LogP contribution in [0.4, 0.5) is 11.6 Å². The molecule has 1 N–H and O–H groups in total. The molecule has 1 saturated heterocycles. The van der Waals surface area contributed by atoms with Crippen LogP contribution in [0.2, 0.25) is 0 Å². The molecule has 1 saturated carbocycles. The Morgan fingerprint density at radius 1 is 1.14 bits per heavy atom. The molecule has 0 atom stereocenters. The van der Waals surface area contributed by atoms with Crippen molar-refractivity contribution in [2.75, 3.05) is 23.3 Å². The van der Waals surface area contributed by atoms with Crippen LogP contribution in [0.3, 0.4) is 0 Å². The van der Waals surface area contributed by atoms with E-state index >= 15 is 0 Å². The number of hydrogen-bond acceptors (Lipinski definition) is 4. The van der Waals surface area contributed by atoms with Gasteiger partial charge in [0.05, 0.1) is 18.1 Å². The number of amides is 1. The van der Waals surface area contributed by atoms with E-state index in [0.717, 1.165) is 37.8 Å². The van der Waals surface area contributed by atoms with E-state index in [1.807, 2.05) is 0 Å². The number of piperidine rings is 1. The summed E-state index contributed by atoms with van der Waals surface area (Å²) in [6.07, 6.45) is 10.2. The SMILES string of the molecule is CC1CCN(c2ncc(NC(=O)C3CCCC3)cn2)CC1. The molecule has 1 aliphatic heterocycles. The molecule has 0 bridgehead atoms. The average Bonchev–Trinajstić information content (AvgIpc) is 3.03. The second kappa shape index (κ2) is 6.41. The van der Waals surface area contributed by atoms with E-state index in [2.05, 4.69) is 27.1 Å². The third kappa shape index (κ3) is 3.52. The van der Waals surface area contributed by atoms with Crippen LogP contribution < -0.4 is 10.2 Å². The summed E-state index contributed by atoms with van der Waals surface area (Å²) in [5.74, 6) is 1.87. The number of rotatable bonds is 3. The fourth-order valence-corrected chi connectivity index (χ4v) is 3.19. The third-order valence-electron chi connectivity index (χ3n) is 4.70. The highest BCUT2D eigenvalue weighted by molar-refractivity contribution is 5.92. The van der Waals surface area contributed by atoms with Crippen molar-refractivity contribution in [3.8, 4) is 0 Å². The second-order valence-corrected chi connectivity index (χ2v) is 6.41. The normalized spacial score (nSPS) is 20.7. The molecule has 0 unspecified atom stereocenters. The topological polar surface area (TPSA) is 58.1 Å². The van der Waals surface area contributed by atoms with Gasteiger partial charge in [-0.2, -0.15) is 0 Å². The van der Waals surface area contributed by atoms with Crippen LogP contribution in [0.1, 0.15) is 45.4 Å². The summed E-state index contributed by atoms with van der Waals surface area (Å²) in [6, 6.07) is 0. The minimum atomic E-state index is 0.121. The van der Waals surface area contributed by atoms with Gasteiger partial charge in [0.15, 0.2) is 0 Å². The molecule has 1 amide bonds. The van der Waals surface area contributed by atoms with Crippen molar-refractivity contribution in [2.45, 2.75) is 45.4 Å². The van der Waals surface area contributed by atoms with E-state index < -0.39 is 0 Å². The van der Waals surface area contributed by atoms with Gasteiger partial charge in [-0.15, -0.1) is 0 Å². The monoisotopic (exact) mass is 288 g/mol. The van der Waals surface area contributed by atoms with Gasteiger partial charge in [-0.3, -0.25) is 4.79 Å². The number of nitrogens with zero attached hydrogens (tertiary/aromatic N) is 3. The van der Waals surface area contributed by atoms with Crippen LogP contribution in [-0.4, -0.2) is 29.0 Å². The number of carbonyl (C=O) groups excluding carboxylic acids is 1. The largest absolute Gasteiger partial charge is 0.341 e. The van der Waals surface area contributed by atoms with Gasteiger partial charge in [0.2, 0.25) is 11.9 Å². The van der Waals surface area contributed by atoms with Crippen LogP contribution in [0.15, 0.2) is 12.4 Å². The summed E-state index contributed by atoms with van der Waals surface area (Å²) in [6.45, 7) is 4.34. The van der Waals surface area contributed by atoms with Gasteiger partial charge >= 0.3 is 0 Å². The van der Waals surface area contributed by atoms with Gasteiger partial charge in [-0.05, 0) is 31.6 Å². The standard InChI is InChI=1S/C16H24N4O/c1-12-6-8-20(9-7-12)16-17-10-14(11-18-16)19-15(21)13-4-2-3-5-13/h10-13H,2-9H2,1H3,(H,19,21). The molecule has 0 spiro atoms. The average molecular weight is 288 g/mol. The fourth-order valence-electron chi connectivity index (χ4n) is 3.19. The van der Waals surface area contributed by atoms with Gasteiger partial charge < -0.3 is 10.2 Å². The van der Waals surface area contributed by atoms with Gasteiger partial charge in [0, 0.05) is 19.0 Å². The first-order valence-electron chi connectivity index (χ1n) is 8.10. The van der Waals surface area contributed by atoms with E-state index in [1.54, 1.807) is 12.4 Å². The molecule has 1 aromatic heterocycles. The van der Waals surface area contributed by atoms with E-state index in [9.17, 15) is 4.79 Å². The van der Waals surface area contributed by atoms with Crippen molar-refractivity contribution in [1.29, 1.82) is 0 Å². The van der Waals surface area contributed by atoms with Crippen LogP contribution in [-0.2, 0) is 4.79 Å². The Morgan fingerprint density at radius 3 is 2.38 bits per heavy atom. The van der Waals surface area contributed by atoms with E-state index in [4.69, 9.17) is 0 Å². The fraction of sp³-hybridized carbons (Fsp3) is 0.688. The molecular formula is C16H24N4O. The summed E-state index contributed by atoms with van der Waals surface area (Å²) < 4.78 is 0. The van der Waals surface area contributed by atoms with Crippen LogP contribution >= 0.6 is 0 Å². The summed E-state index contributed by atoms with van der Waals surface area (Å²) >= 11 is 0. The summed E-state index contributed by atoms with van der Waals surface area (Å²) in [4.78, 5) is 23.1. The van der Waals surface area contributed by atoms with Gasteiger partial charge in [-0.1, -0.05) is 19.8 Å². The molecule has 21 heavy (non-hydrogen) atoms. The number of anilines is 2. The van der Waals surface area contributed by atoms with Crippen molar-refractivity contribution in [3.63, 3.8) is 0 Å². The van der Waals surface area contributed by atoms with Crippen molar-refractivity contribution in [1.82, 2.24) is 9.97 Å². The predicted octanol–water partition coefficient (Wildman–Crippen LogP) is 2.84. The Balaban J connectivity index is 1.57. The Hall–Kier alpha value is -1.65. The summed E-state index contributed by atoms with van der Waals surface area (Å²) in [5.41, 5.74) is 0.709. The Kier molecular flexibility index (Phi) is 4.36. The first-order valence-corrected chi connectivity index (χ1v) is 8.10. The highest BCUT2D eigenvalue weighted by Crippen LogP contribution is 2.26. The summed E-state index contributed by atoms with van der Waals surface area (Å²) in [5, 5.41) is 2.94. The number of aromatic nitrogens is 2. The van der Waals surface area contributed by atoms with Crippen molar-refractivity contribution in [2.24, 2.45) is 11.8 Å². The lowest BCUT2D eigenvalue weighted by atomic mass is 10.00. The molecule has 5 heteroatoms. The Labute approximate surface area is 126 Å². The van der Waals surface area contributed by atoms with Crippen LogP contribution in [0.25, 0.3) is 0 Å². The maximum atomic E-state index is 12.1. The van der Waals surface area contributed by atoms with Gasteiger partial charge in [-0.25, -0.2) is 9.97 Å². The molecule has 3 rings (SSSR count). The molecule has 1 aromatic rings. The van der Waals surface area contributed by atoms with Crippen LogP contribution in [0, 0.1) is 11.8 Å². The molecule has 2 heterocycles. The van der Waals surface area contributed by atoms with E-state index in [0.29, 0.717) is 5.69 Å². The molecule has 114 valence electrons. The third-order valence-corrected chi connectivity index (χ3v) is 4.70. The minimum absolute atomic E-state index is 0.121. The van der Waals surface area contributed by atoms with Crippen molar-refractivity contribution in [3.05, 3.63) is 12.4 Å². The maximum Gasteiger partial charge on any atom is 0.227 e. The molecule has 0 radical (unpaired) electrons. The molecular weight excluding hydrogens is 264 g/mol. The van der Waals surface area contributed by atoms with E-state index in [-0.39, 0.29) is 11.8 Å². The lowest BCUT2D eigenvalue weighted by molar-refractivity contribution is -0.119. The number of hydrogen-bond donors (Lipinski definition) is 1. The van der Waals surface area contributed by atoms with Crippen LogP contribution in [0.5, 0.6) is 0 Å². The second-order valence-electron chi connectivity index (χ2n) is 6.41. The minimum Gasteiger partial charge on any atom is -0.341 e. The number of carbonyl (C=O) groups is 1. The first-order chi connectivity index (χ1) is 10.2. The quantitative estimate of drug-likeness (QED) is 0.929. The van der Waals surface area contributed by atoms with Crippen molar-refractivity contribution >= 4 is 17.5 Å². The zero-order valence-corrected chi connectivity index (χ0v) is 12.7. The van der Waals surface area contributed by atoms with Gasteiger partial charge in [0.1, 0.15) is 0 Å². The van der Waals surface area contributed by atoms with Crippen molar-refractivity contribution < 1.29 is 4.79 Å². The van der Waals surface area contributed by atoms with E-state index in [1.165, 1.54) is 25.7 Å². The molecule has 0 aromatic carbocycles. The molecule has 2 aliphatic rings. The maximum absolute atomic E-state index is 12.1. The zero-order chi connectivity index (χ0) is 14.7. The molecule has 1 aliphatic carbocycles. The Morgan fingerprint density at radius 2 is 1.76 bits per heavy atom. The van der Waals surface area contributed by atoms with Gasteiger partial charge in [0.25, 0.3) is 0 Å². The smallest absolute Gasteiger partial charge is 0.227 e. The summed E-state index contributed by atoms with van der Waals surface area (Å²) in [7, 11) is 0. The predicted molar refractivity (Wildman–Crippen MR) is 83.2 cm³/mol. The number of nitrogens with one attached hydrogen (secondary N) is 1. The zero-order valence-electron chi connectivity index (χ0n) is 12.7. The lowest BCUT2D eigenvalue weighted by Crippen LogP contribution is -2.34. The highest BCUT2D eigenvalue weighted by Gasteiger charge is 2.23. The lowest BCUT2D eigenvalue weighted by Gasteiger charge is -2.30. The Bertz CT molecular complexity index is 474. The molecule has 2 fully saturated rings. The highest BCUT2D eigenvalue weighted by atomic mass is 16.1.